The molecule has 1 atom stereocenters. The molecular formula is C29H33N5O4. The van der Waals surface area contributed by atoms with Gasteiger partial charge in [0.05, 0.1) is 12.6 Å². The summed E-state index contributed by atoms with van der Waals surface area (Å²) in [5.41, 5.74) is 2.32. The van der Waals surface area contributed by atoms with Crippen molar-refractivity contribution in [3.8, 4) is 5.75 Å². The molecule has 5 rings (SSSR count). The molecule has 9 heteroatoms. The summed E-state index contributed by atoms with van der Waals surface area (Å²) >= 11 is 0. The predicted molar refractivity (Wildman–Crippen MR) is 142 cm³/mol. The average molecular weight is 516 g/mol. The number of ether oxygens (including phenoxy) is 1. The normalized spacial score (nSPS) is 14.8. The van der Waals surface area contributed by atoms with Crippen LogP contribution in [0.15, 0.2) is 65.1 Å². The number of hydrogen-bond donors (Lipinski definition) is 1. The van der Waals surface area contributed by atoms with Gasteiger partial charge >= 0.3 is 0 Å². The van der Waals surface area contributed by atoms with E-state index in [1.54, 1.807) is 22.8 Å². The molecule has 38 heavy (non-hydrogen) atoms. The lowest BCUT2D eigenvalue weighted by molar-refractivity contribution is -0.143. The molecule has 2 amide bonds. The highest BCUT2D eigenvalue weighted by molar-refractivity contribution is 5.89. The van der Waals surface area contributed by atoms with Crippen molar-refractivity contribution in [1.29, 1.82) is 0 Å². The second-order valence-corrected chi connectivity index (χ2v) is 9.80. The van der Waals surface area contributed by atoms with E-state index < -0.39 is 6.04 Å². The molecule has 0 radical (unpaired) electrons. The average Bonchev–Trinajstić information content (AvgIpc) is 3.55. The predicted octanol–water partition coefficient (Wildman–Crippen LogP) is 4.56. The monoisotopic (exact) mass is 515 g/mol. The third-order valence-corrected chi connectivity index (χ3v) is 7.08. The molecule has 1 aliphatic carbocycles. The number of aryl methyl sites for hydroxylation is 1. The molecule has 2 aromatic carbocycles. The maximum absolute atomic E-state index is 14.0. The van der Waals surface area contributed by atoms with Crippen LogP contribution in [0.1, 0.15) is 55.2 Å². The first-order chi connectivity index (χ1) is 18.5. The van der Waals surface area contributed by atoms with Gasteiger partial charge in [-0.3, -0.25) is 9.59 Å². The van der Waals surface area contributed by atoms with Crippen LogP contribution < -0.4 is 10.1 Å². The Bertz CT molecular complexity index is 1390. The summed E-state index contributed by atoms with van der Waals surface area (Å²) in [4.78, 5) is 29.4. The van der Waals surface area contributed by atoms with Crippen molar-refractivity contribution in [1.82, 2.24) is 25.2 Å². The van der Waals surface area contributed by atoms with Crippen molar-refractivity contribution in [3.63, 3.8) is 0 Å². The van der Waals surface area contributed by atoms with Gasteiger partial charge in [-0.25, -0.2) is 4.68 Å². The number of para-hydroxylation sites is 1. The number of aromatic nitrogens is 3. The fourth-order valence-corrected chi connectivity index (χ4v) is 5.06. The van der Waals surface area contributed by atoms with Gasteiger partial charge in [-0.15, -0.1) is 5.10 Å². The van der Waals surface area contributed by atoms with Gasteiger partial charge in [0.15, 0.2) is 6.04 Å². The number of rotatable bonds is 9. The molecule has 198 valence electrons. The van der Waals surface area contributed by atoms with Crippen molar-refractivity contribution < 1.29 is 18.7 Å². The summed E-state index contributed by atoms with van der Waals surface area (Å²) in [5, 5.41) is 11.6. The molecule has 1 fully saturated rings. The highest BCUT2D eigenvalue weighted by Crippen LogP contribution is 2.28. The maximum atomic E-state index is 14.0. The Labute approximate surface area is 221 Å². The Morgan fingerprint density at radius 3 is 2.55 bits per heavy atom. The van der Waals surface area contributed by atoms with Crippen LogP contribution in [-0.2, 0) is 22.7 Å². The van der Waals surface area contributed by atoms with Gasteiger partial charge in [0.1, 0.15) is 29.3 Å². The van der Waals surface area contributed by atoms with Crippen LogP contribution in [-0.4, -0.2) is 44.9 Å². The summed E-state index contributed by atoms with van der Waals surface area (Å²) in [5.74, 6) is 1.32. The summed E-state index contributed by atoms with van der Waals surface area (Å²) in [7, 11) is 1.61. The first-order valence-corrected chi connectivity index (χ1v) is 13.1. The van der Waals surface area contributed by atoms with E-state index in [2.05, 4.69) is 15.6 Å². The lowest BCUT2D eigenvalue weighted by atomic mass is 9.95. The third-order valence-electron chi connectivity index (χ3n) is 7.08. The Morgan fingerprint density at radius 1 is 1.08 bits per heavy atom. The number of nitrogens with one attached hydrogen (secondary N) is 1. The molecule has 0 saturated heterocycles. The minimum atomic E-state index is -0.935. The van der Waals surface area contributed by atoms with E-state index in [4.69, 9.17) is 9.15 Å². The van der Waals surface area contributed by atoms with E-state index >= 15 is 0 Å². The molecule has 0 bridgehead atoms. The second kappa shape index (κ2) is 11.5. The molecule has 4 aromatic rings. The molecule has 0 unspecified atom stereocenters. The van der Waals surface area contributed by atoms with E-state index in [9.17, 15) is 9.59 Å². The van der Waals surface area contributed by atoms with Gasteiger partial charge in [-0.1, -0.05) is 48.7 Å². The standard InChI is InChI=1S/C29H33N5O4/c1-20-12-17-26(38-20)28(29(36)30-22-8-4-3-5-9-22)33(18-21-13-15-23(37-2)16-14-21)27(35)19-34-25-11-7-6-10-24(25)31-32-34/h6-7,10-17,22,28H,3-5,8-9,18-19H2,1-2H3,(H,30,36)/t28-/m0/s1. The number of fused-ring (bicyclic) bond motifs is 1. The highest BCUT2D eigenvalue weighted by atomic mass is 16.5. The molecule has 1 aliphatic rings. The number of carbonyl (C=O) groups excluding carboxylic acids is 2. The summed E-state index contributed by atoms with van der Waals surface area (Å²) < 4.78 is 12.8. The summed E-state index contributed by atoms with van der Waals surface area (Å²) in [6, 6.07) is 17.7. The maximum Gasteiger partial charge on any atom is 0.250 e. The zero-order valence-corrected chi connectivity index (χ0v) is 21.8. The topological polar surface area (TPSA) is 102 Å². The van der Waals surface area contributed by atoms with Gasteiger partial charge in [0.25, 0.3) is 5.91 Å². The van der Waals surface area contributed by atoms with Crippen LogP contribution in [0.2, 0.25) is 0 Å². The van der Waals surface area contributed by atoms with Crippen molar-refractivity contribution in [2.75, 3.05) is 7.11 Å². The Balaban J connectivity index is 1.49. The largest absolute Gasteiger partial charge is 0.497 e. The molecule has 2 heterocycles. The number of nitrogens with zero attached hydrogens (tertiary/aromatic N) is 4. The highest BCUT2D eigenvalue weighted by Gasteiger charge is 2.35. The Hall–Kier alpha value is -4.14. The van der Waals surface area contributed by atoms with Crippen LogP contribution in [0, 0.1) is 6.92 Å². The van der Waals surface area contributed by atoms with Gasteiger partial charge < -0.3 is 19.4 Å². The number of hydrogen-bond acceptors (Lipinski definition) is 6. The summed E-state index contributed by atoms with van der Waals surface area (Å²) in [6.07, 6.45) is 5.23. The van der Waals surface area contributed by atoms with Gasteiger partial charge in [0.2, 0.25) is 5.91 Å². The molecule has 0 aliphatic heterocycles. The fraction of sp³-hybridized carbons (Fsp3) is 0.379. The van der Waals surface area contributed by atoms with E-state index in [1.165, 1.54) is 6.42 Å². The van der Waals surface area contributed by atoms with Crippen LogP contribution in [0.5, 0.6) is 5.75 Å². The van der Waals surface area contributed by atoms with E-state index in [-0.39, 0.29) is 30.9 Å². The minimum Gasteiger partial charge on any atom is -0.497 e. The SMILES string of the molecule is COc1ccc(CN(C(=O)Cn2nnc3ccccc32)[C@H](C(=O)NC2CCCCC2)c2ccc(C)o2)cc1. The fourth-order valence-electron chi connectivity index (χ4n) is 5.06. The molecule has 9 nitrogen and oxygen atoms in total. The first kappa shape index (κ1) is 25.5. The van der Waals surface area contributed by atoms with Crippen molar-refractivity contribution in [2.45, 2.75) is 64.2 Å². The number of methoxy groups -OCH3 is 1. The molecular weight excluding hydrogens is 482 g/mol. The minimum absolute atomic E-state index is 0.0659. The van der Waals surface area contributed by atoms with E-state index in [0.29, 0.717) is 22.8 Å². The van der Waals surface area contributed by atoms with Crippen molar-refractivity contribution >= 4 is 22.8 Å². The number of furan rings is 1. The van der Waals surface area contributed by atoms with E-state index in [0.717, 1.165) is 36.8 Å². The van der Waals surface area contributed by atoms with Gasteiger partial charge in [0, 0.05) is 12.6 Å². The van der Waals surface area contributed by atoms with Crippen LogP contribution >= 0.6 is 0 Å². The zero-order chi connectivity index (χ0) is 26.5. The van der Waals surface area contributed by atoms with Crippen molar-refractivity contribution in [2.24, 2.45) is 0 Å². The number of amides is 2. The molecule has 0 spiro atoms. The van der Waals surface area contributed by atoms with E-state index in [1.807, 2.05) is 61.5 Å². The van der Waals surface area contributed by atoms with Crippen LogP contribution in [0.25, 0.3) is 11.0 Å². The zero-order valence-electron chi connectivity index (χ0n) is 21.8. The van der Waals surface area contributed by atoms with Crippen LogP contribution in [0.3, 0.4) is 0 Å². The third kappa shape index (κ3) is 5.72. The first-order valence-electron chi connectivity index (χ1n) is 13.1. The molecule has 1 saturated carbocycles. The second-order valence-electron chi connectivity index (χ2n) is 9.80. The number of carbonyl (C=O) groups is 2. The van der Waals surface area contributed by atoms with Gasteiger partial charge in [-0.05, 0) is 61.7 Å². The van der Waals surface area contributed by atoms with Crippen LogP contribution in [0.4, 0.5) is 0 Å². The quantitative estimate of drug-likeness (QED) is 0.351. The Kier molecular flexibility index (Phi) is 7.72. The molecule has 2 aromatic heterocycles. The smallest absolute Gasteiger partial charge is 0.250 e. The lowest BCUT2D eigenvalue weighted by Gasteiger charge is -2.32. The Morgan fingerprint density at radius 2 is 1.84 bits per heavy atom. The molecule has 1 N–H and O–H groups in total. The van der Waals surface area contributed by atoms with Crippen molar-refractivity contribution in [3.05, 3.63) is 77.7 Å². The number of benzene rings is 2. The van der Waals surface area contributed by atoms with Gasteiger partial charge in [-0.2, -0.15) is 0 Å². The summed E-state index contributed by atoms with van der Waals surface area (Å²) in [6.45, 7) is 1.97. The lowest BCUT2D eigenvalue weighted by Crippen LogP contribution is -2.47.